The molecule has 0 radical (unpaired) electrons. The Morgan fingerprint density at radius 2 is 1.65 bits per heavy atom. The van der Waals surface area contributed by atoms with Gasteiger partial charge in [0.15, 0.2) is 11.9 Å². The second kappa shape index (κ2) is 8.15. The molecule has 0 bridgehead atoms. The zero-order valence-corrected chi connectivity index (χ0v) is 20.2. The van der Waals surface area contributed by atoms with Gasteiger partial charge in [0.2, 0.25) is 5.69 Å². The average Bonchev–Trinajstić information content (AvgIpc) is 3.23. The minimum absolute atomic E-state index is 0.154. The van der Waals surface area contributed by atoms with Crippen molar-refractivity contribution < 1.29 is 13.1 Å². The summed E-state index contributed by atoms with van der Waals surface area (Å²) in [5, 5.41) is 1.86. The van der Waals surface area contributed by atoms with E-state index in [2.05, 4.69) is 4.85 Å². The molecule has 34 heavy (non-hydrogen) atoms. The van der Waals surface area contributed by atoms with Crippen LogP contribution in [0.4, 0.5) is 5.69 Å². The molecule has 5 aromatic rings. The number of benzene rings is 3. The van der Waals surface area contributed by atoms with E-state index in [0.717, 1.165) is 38.7 Å². The molecular formula is C31H29N2O+. The van der Waals surface area contributed by atoms with Gasteiger partial charge in [0.25, 0.3) is 0 Å². The fraction of sp³-hybridized carbons (Fsp3) is 0.226. The van der Waals surface area contributed by atoms with Crippen LogP contribution >= 0.6 is 0 Å². The summed E-state index contributed by atoms with van der Waals surface area (Å²) in [6, 6.07) is 19.6. The number of nitrogens with zero attached hydrogens (tertiary/aromatic N) is 2. The van der Waals surface area contributed by atoms with Crippen LogP contribution in [0, 0.1) is 18.9 Å². The van der Waals surface area contributed by atoms with E-state index in [1.54, 1.807) is 12.3 Å². The Kier molecular flexibility index (Phi) is 4.44. The van der Waals surface area contributed by atoms with Crippen LogP contribution in [-0.2, 0) is 13.4 Å². The van der Waals surface area contributed by atoms with Gasteiger partial charge in [0, 0.05) is 30.7 Å². The lowest BCUT2D eigenvalue weighted by atomic mass is 9.88. The summed E-state index contributed by atoms with van der Waals surface area (Å²) in [5.74, 6) is 0. The summed E-state index contributed by atoms with van der Waals surface area (Å²) in [6.07, 6.45) is 0.0534. The zero-order chi connectivity index (χ0) is 26.7. The first-order valence-corrected chi connectivity index (χ1v) is 11.4. The molecule has 0 atom stereocenters. The van der Waals surface area contributed by atoms with Crippen molar-refractivity contribution in [2.75, 3.05) is 0 Å². The normalized spacial score (nSPS) is 13.5. The third-order valence-electron chi connectivity index (χ3n) is 6.01. The molecule has 0 spiro atoms. The number of hydrogen-bond acceptors (Lipinski definition) is 1. The van der Waals surface area contributed by atoms with E-state index in [1.165, 1.54) is 0 Å². The number of aryl methyl sites for hydroxylation is 2. The highest BCUT2D eigenvalue weighted by Crippen LogP contribution is 2.44. The fourth-order valence-corrected chi connectivity index (χ4v) is 4.56. The maximum absolute atomic E-state index is 8.76. The molecule has 3 heteroatoms. The van der Waals surface area contributed by atoms with Crippen molar-refractivity contribution in [2.24, 2.45) is 12.5 Å². The minimum Gasteiger partial charge on any atom is -0.456 e. The Morgan fingerprint density at radius 3 is 2.32 bits per heavy atom. The third-order valence-corrected chi connectivity index (χ3v) is 6.01. The lowest BCUT2D eigenvalue weighted by Crippen LogP contribution is -2.32. The van der Waals surface area contributed by atoms with Crippen molar-refractivity contribution >= 4 is 27.6 Å². The van der Waals surface area contributed by atoms with E-state index >= 15 is 0 Å². The van der Waals surface area contributed by atoms with Gasteiger partial charge in [-0.1, -0.05) is 75.4 Å². The Hall–Kier alpha value is -3.90. The van der Waals surface area contributed by atoms with Crippen LogP contribution in [0.25, 0.3) is 49.2 Å². The van der Waals surface area contributed by atoms with Crippen LogP contribution in [0.5, 0.6) is 0 Å². The standard InChI is InChI=1S/C31H29N2O/c1-20-12-14-23-24-15-16-25(32-5)28(22-10-8-7-9-11-22)30(24)34-29(23)27(20)26-17-13-21(19-33(26)6)18-31(2,3)4/h7-17,19H,18H2,1-4,6H3/q+1/i13D,18D2. The van der Waals surface area contributed by atoms with Crippen LogP contribution in [0.1, 0.15) is 36.0 Å². The molecule has 0 amide bonds. The molecule has 0 N–H and O–H groups in total. The van der Waals surface area contributed by atoms with Crippen molar-refractivity contribution in [3.05, 3.63) is 95.4 Å². The van der Waals surface area contributed by atoms with Gasteiger partial charge in [0.1, 0.15) is 18.2 Å². The summed E-state index contributed by atoms with van der Waals surface area (Å²) in [5.41, 5.74) is 5.88. The highest BCUT2D eigenvalue weighted by Gasteiger charge is 2.24. The predicted octanol–water partition coefficient (Wildman–Crippen LogP) is 8.19. The predicted molar refractivity (Wildman–Crippen MR) is 140 cm³/mol. The van der Waals surface area contributed by atoms with E-state index < -0.39 is 11.8 Å². The van der Waals surface area contributed by atoms with Crippen molar-refractivity contribution in [1.29, 1.82) is 0 Å². The Morgan fingerprint density at radius 1 is 0.971 bits per heavy atom. The highest BCUT2D eigenvalue weighted by atomic mass is 16.3. The van der Waals surface area contributed by atoms with E-state index in [-0.39, 0.29) is 6.04 Å². The van der Waals surface area contributed by atoms with Gasteiger partial charge in [-0.3, -0.25) is 0 Å². The first-order valence-electron chi connectivity index (χ1n) is 12.9. The molecule has 0 aliphatic heterocycles. The van der Waals surface area contributed by atoms with E-state index in [0.29, 0.717) is 22.4 Å². The van der Waals surface area contributed by atoms with Gasteiger partial charge in [-0.25, -0.2) is 9.41 Å². The lowest BCUT2D eigenvalue weighted by Gasteiger charge is -2.17. The molecule has 5 rings (SSSR count). The number of aromatic nitrogens is 1. The number of fused-ring (bicyclic) bond motifs is 3. The van der Waals surface area contributed by atoms with E-state index in [9.17, 15) is 0 Å². The second-order valence-electron chi connectivity index (χ2n) is 9.75. The fourth-order valence-electron chi connectivity index (χ4n) is 4.56. The van der Waals surface area contributed by atoms with Gasteiger partial charge in [-0.05, 0) is 35.9 Å². The molecule has 0 aliphatic carbocycles. The Balaban J connectivity index is 1.82. The van der Waals surface area contributed by atoms with E-state index in [1.807, 2.05) is 93.9 Å². The first-order chi connectivity index (χ1) is 17.5. The molecule has 2 aromatic heterocycles. The van der Waals surface area contributed by atoms with Crippen molar-refractivity contribution in [2.45, 2.75) is 34.1 Å². The summed E-state index contributed by atoms with van der Waals surface area (Å²) in [4.78, 5) is 3.77. The first kappa shape index (κ1) is 18.5. The molecule has 3 aromatic carbocycles. The van der Waals surface area contributed by atoms with Crippen molar-refractivity contribution in [1.82, 2.24) is 0 Å². The minimum atomic E-state index is -1.68. The molecule has 0 aliphatic rings. The maximum atomic E-state index is 8.76. The molecular weight excluding hydrogens is 416 g/mol. The van der Waals surface area contributed by atoms with Crippen LogP contribution < -0.4 is 4.57 Å². The average molecular weight is 449 g/mol. The molecule has 2 heterocycles. The molecule has 0 unspecified atom stereocenters. The molecule has 0 saturated carbocycles. The molecule has 3 nitrogen and oxygen atoms in total. The van der Waals surface area contributed by atoms with Crippen molar-refractivity contribution in [3.63, 3.8) is 0 Å². The zero-order valence-electron chi connectivity index (χ0n) is 23.2. The van der Waals surface area contributed by atoms with Gasteiger partial charge in [0.05, 0.1) is 13.5 Å². The van der Waals surface area contributed by atoms with Crippen LogP contribution in [-0.4, -0.2) is 0 Å². The molecule has 0 fully saturated rings. The van der Waals surface area contributed by atoms with Gasteiger partial charge in [-0.15, -0.1) is 0 Å². The van der Waals surface area contributed by atoms with Crippen LogP contribution in [0.15, 0.2) is 77.3 Å². The topological polar surface area (TPSA) is 21.4 Å². The lowest BCUT2D eigenvalue weighted by molar-refractivity contribution is -0.660. The number of rotatable bonds is 3. The summed E-state index contributed by atoms with van der Waals surface area (Å²) < 4.78 is 34.7. The van der Waals surface area contributed by atoms with Gasteiger partial charge < -0.3 is 4.42 Å². The highest BCUT2D eigenvalue weighted by molar-refractivity contribution is 6.15. The smallest absolute Gasteiger partial charge is 0.216 e. The second-order valence-corrected chi connectivity index (χ2v) is 9.75. The Bertz CT molecular complexity index is 1720. The maximum Gasteiger partial charge on any atom is 0.216 e. The summed E-state index contributed by atoms with van der Waals surface area (Å²) >= 11 is 0. The summed E-state index contributed by atoms with van der Waals surface area (Å²) in [7, 11) is 1.88. The number of hydrogen-bond donors (Lipinski definition) is 0. The van der Waals surface area contributed by atoms with E-state index in [4.69, 9.17) is 15.1 Å². The summed E-state index contributed by atoms with van der Waals surface area (Å²) in [6.45, 7) is 15.3. The molecule has 168 valence electrons. The Labute approximate surface area is 205 Å². The quantitative estimate of drug-likeness (QED) is 0.201. The number of pyridine rings is 1. The third kappa shape index (κ3) is 3.76. The molecule has 0 saturated heterocycles. The largest absolute Gasteiger partial charge is 0.456 e. The van der Waals surface area contributed by atoms with Crippen LogP contribution in [0.3, 0.4) is 0 Å². The SMILES string of the molecule is [2H]c1cc(-c2c(C)ccc3c2oc2c(-c4ccccc4)c([N+]#[C-])ccc23)[n+](C)cc1C([2H])([2H])C(C)(C)C. The van der Waals surface area contributed by atoms with Gasteiger partial charge >= 0.3 is 0 Å². The van der Waals surface area contributed by atoms with Gasteiger partial charge in [-0.2, -0.15) is 0 Å². The van der Waals surface area contributed by atoms with Crippen molar-refractivity contribution in [3.8, 4) is 22.4 Å². The number of furan rings is 1. The monoisotopic (exact) mass is 448 g/mol. The van der Waals surface area contributed by atoms with Crippen LogP contribution in [0.2, 0.25) is 0 Å².